The smallest absolute Gasteiger partial charge is 0.317 e. The van der Waals surface area contributed by atoms with Gasteiger partial charge in [-0.25, -0.2) is 4.79 Å². The average molecular weight is 364 g/mol. The lowest BCUT2D eigenvalue weighted by Gasteiger charge is -2.44. The molecule has 1 spiro atoms. The molecular weight excluding hydrogens is 336 g/mol. The van der Waals surface area contributed by atoms with E-state index in [1.807, 2.05) is 17.0 Å². The van der Waals surface area contributed by atoms with Gasteiger partial charge in [0.25, 0.3) is 0 Å². The minimum atomic E-state index is -0.0849. The lowest BCUT2D eigenvalue weighted by Crippen LogP contribution is -2.53. The van der Waals surface area contributed by atoms with Gasteiger partial charge in [0.05, 0.1) is 0 Å². The van der Waals surface area contributed by atoms with Gasteiger partial charge in [-0.2, -0.15) is 0 Å². The fraction of sp³-hybridized carbons (Fsp3) is 0.435. The number of likely N-dealkylation sites (tertiary alicyclic amines) is 1. The van der Waals surface area contributed by atoms with E-state index in [2.05, 4.69) is 47.8 Å². The molecular formula is C23H28N2O2. The summed E-state index contributed by atoms with van der Waals surface area (Å²) in [5.74, 6) is 1.03. The standard InChI is InChI=1S/C23H28N2O2/c26-22(24-16-6-9-19-7-2-1-3-8-19)25-17-14-23(15-18-25)13-12-20-10-4-5-11-21(20)27-23/h1-5,7-8,10-11H,6,9,12-18H2,(H,24,26). The van der Waals surface area contributed by atoms with Crippen LogP contribution in [0.4, 0.5) is 4.79 Å². The molecule has 27 heavy (non-hydrogen) atoms. The van der Waals surface area contributed by atoms with E-state index in [-0.39, 0.29) is 11.6 Å². The zero-order chi connectivity index (χ0) is 18.5. The number of amides is 2. The second kappa shape index (κ2) is 8.03. The fourth-order valence-corrected chi connectivity index (χ4v) is 4.17. The number of hydrogen-bond acceptors (Lipinski definition) is 2. The largest absolute Gasteiger partial charge is 0.487 e. The molecule has 4 nitrogen and oxygen atoms in total. The van der Waals surface area contributed by atoms with Gasteiger partial charge in [0.15, 0.2) is 0 Å². The van der Waals surface area contributed by atoms with Crippen molar-refractivity contribution in [3.63, 3.8) is 0 Å². The van der Waals surface area contributed by atoms with Gasteiger partial charge in [0, 0.05) is 32.5 Å². The van der Waals surface area contributed by atoms with Crippen LogP contribution in [0.15, 0.2) is 54.6 Å². The van der Waals surface area contributed by atoms with Gasteiger partial charge in [0.1, 0.15) is 11.4 Å². The Kier molecular flexibility index (Phi) is 5.33. The lowest BCUT2D eigenvalue weighted by molar-refractivity contribution is -0.00548. The van der Waals surface area contributed by atoms with E-state index in [0.717, 1.165) is 63.9 Å². The average Bonchev–Trinajstić information content (AvgIpc) is 2.72. The molecule has 0 bridgehead atoms. The molecule has 0 atom stereocenters. The van der Waals surface area contributed by atoms with Gasteiger partial charge in [-0.1, -0.05) is 48.5 Å². The number of ether oxygens (including phenoxy) is 1. The van der Waals surface area contributed by atoms with Crippen LogP contribution in [0, 0.1) is 0 Å². The second-order valence-electron chi connectivity index (χ2n) is 7.70. The minimum absolute atomic E-state index is 0.0640. The van der Waals surface area contributed by atoms with Crippen LogP contribution in [0.25, 0.3) is 0 Å². The molecule has 2 aliphatic rings. The molecule has 2 aliphatic heterocycles. The molecule has 0 unspecified atom stereocenters. The first kappa shape index (κ1) is 17.9. The number of carbonyl (C=O) groups excluding carboxylic acids is 1. The van der Waals surface area contributed by atoms with Crippen molar-refractivity contribution in [3.8, 4) is 5.75 Å². The zero-order valence-corrected chi connectivity index (χ0v) is 15.8. The highest BCUT2D eigenvalue weighted by Crippen LogP contribution is 2.39. The molecule has 2 aromatic rings. The van der Waals surface area contributed by atoms with E-state index >= 15 is 0 Å². The Morgan fingerprint density at radius 3 is 2.56 bits per heavy atom. The van der Waals surface area contributed by atoms with Crippen molar-refractivity contribution in [1.82, 2.24) is 10.2 Å². The highest BCUT2D eigenvalue weighted by atomic mass is 16.5. The van der Waals surface area contributed by atoms with Crippen LogP contribution in [0.3, 0.4) is 0 Å². The molecule has 1 N–H and O–H groups in total. The zero-order valence-electron chi connectivity index (χ0n) is 15.8. The number of para-hydroxylation sites is 1. The van der Waals surface area contributed by atoms with Crippen molar-refractivity contribution >= 4 is 6.03 Å². The lowest BCUT2D eigenvalue weighted by atomic mass is 9.83. The molecule has 0 radical (unpaired) electrons. The van der Waals surface area contributed by atoms with Gasteiger partial charge >= 0.3 is 6.03 Å². The van der Waals surface area contributed by atoms with Crippen molar-refractivity contribution in [2.24, 2.45) is 0 Å². The van der Waals surface area contributed by atoms with Crippen molar-refractivity contribution < 1.29 is 9.53 Å². The van der Waals surface area contributed by atoms with Crippen LogP contribution in [-0.2, 0) is 12.8 Å². The van der Waals surface area contributed by atoms with Crippen LogP contribution in [-0.4, -0.2) is 36.2 Å². The van der Waals surface area contributed by atoms with E-state index in [9.17, 15) is 4.79 Å². The topological polar surface area (TPSA) is 41.6 Å². The minimum Gasteiger partial charge on any atom is -0.487 e. The Labute approximate surface area is 161 Å². The predicted molar refractivity (Wildman–Crippen MR) is 107 cm³/mol. The number of nitrogens with one attached hydrogen (secondary N) is 1. The fourth-order valence-electron chi connectivity index (χ4n) is 4.17. The number of fused-ring (bicyclic) bond motifs is 1. The number of hydrogen-bond donors (Lipinski definition) is 1. The van der Waals surface area contributed by atoms with Gasteiger partial charge in [0.2, 0.25) is 0 Å². The monoisotopic (exact) mass is 364 g/mol. The van der Waals surface area contributed by atoms with Crippen LogP contribution in [0.1, 0.15) is 36.8 Å². The van der Waals surface area contributed by atoms with Crippen LogP contribution >= 0.6 is 0 Å². The van der Waals surface area contributed by atoms with E-state index in [4.69, 9.17) is 4.74 Å². The van der Waals surface area contributed by atoms with E-state index < -0.39 is 0 Å². The van der Waals surface area contributed by atoms with Crippen LogP contribution < -0.4 is 10.1 Å². The number of carbonyl (C=O) groups is 1. The number of urea groups is 1. The summed E-state index contributed by atoms with van der Waals surface area (Å²) in [6, 6.07) is 18.8. The Hall–Kier alpha value is -2.49. The van der Waals surface area contributed by atoms with Gasteiger partial charge in [-0.15, -0.1) is 0 Å². The van der Waals surface area contributed by atoms with Gasteiger partial charge in [-0.3, -0.25) is 0 Å². The first-order valence-corrected chi connectivity index (χ1v) is 10.1. The summed E-state index contributed by atoms with van der Waals surface area (Å²) in [7, 11) is 0. The van der Waals surface area contributed by atoms with Crippen molar-refractivity contribution in [3.05, 3.63) is 65.7 Å². The molecule has 4 rings (SSSR count). The van der Waals surface area contributed by atoms with Crippen molar-refractivity contribution in [1.29, 1.82) is 0 Å². The van der Waals surface area contributed by atoms with Gasteiger partial charge in [-0.05, 0) is 42.9 Å². The summed E-state index contributed by atoms with van der Waals surface area (Å²) >= 11 is 0. The van der Waals surface area contributed by atoms with E-state index in [0.29, 0.717) is 0 Å². The molecule has 1 fully saturated rings. The molecule has 0 aliphatic carbocycles. The van der Waals surface area contributed by atoms with E-state index in [1.54, 1.807) is 0 Å². The first-order valence-electron chi connectivity index (χ1n) is 10.1. The Morgan fingerprint density at radius 1 is 1.00 bits per heavy atom. The third kappa shape index (κ3) is 4.26. The maximum Gasteiger partial charge on any atom is 0.317 e. The highest BCUT2D eigenvalue weighted by Gasteiger charge is 2.40. The predicted octanol–water partition coefficient (Wildman–Crippen LogP) is 4.19. The number of piperidine rings is 1. The molecule has 1 saturated heterocycles. The summed E-state index contributed by atoms with van der Waals surface area (Å²) in [6.45, 7) is 2.26. The molecule has 4 heteroatoms. The Morgan fingerprint density at radius 2 is 1.74 bits per heavy atom. The third-order valence-corrected chi connectivity index (χ3v) is 5.87. The molecule has 0 saturated carbocycles. The number of rotatable bonds is 4. The maximum atomic E-state index is 12.5. The molecule has 0 aromatic heterocycles. The Bertz CT molecular complexity index is 767. The highest BCUT2D eigenvalue weighted by molar-refractivity contribution is 5.74. The summed E-state index contributed by atoms with van der Waals surface area (Å²) in [6.07, 6.45) is 5.92. The number of aryl methyl sites for hydroxylation is 2. The molecule has 2 amide bonds. The second-order valence-corrected chi connectivity index (χ2v) is 7.70. The molecule has 2 aromatic carbocycles. The van der Waals surface area contributed by atoms with Crippen molar-refractivity contribution in [2.75, 3.05) is 19.6 Å². The third-order valence-electron chi connectivity index (χ3n) is 5.87. The first-order chi connectivity index (χ1) is 13.2. The molecule has 2 heterocycles. The SMILES string of the molecule is O=C(NCCCc1ccccc1)N1CCC2(CCc3ccccc3O2)CC1. The summed E-state index contributed by atoms with van der Waals surface area (Å²) in [4.78, 5) is 14.4. The van der Waals surface area contributed by atoms with Crippen LogP contribution in [0.2, 0.25) is 0 Å². The van der Waals surface area contributed by atoms with Gasteiger partial charge < -0.3 is 15.0 Å². The molecule has 142 valence electrons. The van der Waals surface area contributed by atoms with E-state index in [1.165, 1.54) is 11.1 Å². The Balaban J connectivity index is 1.22. The maximum absolute atomic E-state index is 12.5. The number of benzene rings is 2. The number of nitrogens with zero attached hydrogens (tertiary/aromatic N) is 1. The quantitative estimate of drug-likeness (QED) is 0.827. The summed E-state index contributed by atoms with van der Waals surface area (Å²) in [5.41, 5.74) is 2.54. The summed E-state index contributed by atoms with van der Waals surface area (Å²) < 4.78 is 6.38. The normalized spacial score (nSPS) is 17.9. The van der Waals surface area contributed by atoms with Crippen molar-refractivity contribution in [2.45, 2.75) is 44.1 Å². The van der Waals surface area contributed by atoms with Crippen LogP contribution in [0.5, 0.6) is 5.75 Å². The summed E-state index contributed by atoms with van der Waals surface area (Å²) in [5, 5.41) is 3.08.